The molecule has 1 aromatic carbocycles. The minimum Gasteiger partial charge on any atom is -0.385 e. The Balaban J connectivity index is 2.50. The molecule has 0 aromatic heterocycles. The summed E-state index contributed by atoms with van der Waals surface area (Å²) in [6.07, 6.45) is 0.943. The monoisotopic (exact) mass is 191 g/mol. The number of hydrogen-bond donors (Lipinski definition) is 2. The second-order valence-electron chi connectivity index (χ2n) is 2.81. The van der Waals surface area contributed by atoms with Gasteiger partial charge in [-0.15, -0.1) is 0 Å². The predicted molar refractivity (Wildman–Crippen MR) is 57.4 cm³/mol. The van der Waals surface area contributed by atoms with Gasteiger partial charge in [0.1, 0.15) is 0 Å². The van der Waals surface area contributed by atoms with E-state index >= 15 is 0 Å². The van der Waals surface area contributed by atoms with Crippen LogP contribution in [0.15, 0.2) is 29.4 Å². The second-order valence-corrected chi connectivity index (χ2v) is 2.81. The first-order chi connectivity index (χ1) is 6.86. The summed E-state index contributed by atoms with van der Waals surface area (Å²) in [6.45, 7) is 1.54. The number of azide groups is 1. The van der Waals surface area contributed by atoms with E-state index in [1.807, 2.05) is 12.1 Å². The fraction of sp³-hybridized carbons (Fsp3) is 0.333. The summed E-state index contributed by atoms with van der Waals surface area (Å²) in [5.74, 6) is 0. The normalized spacial score (nSPS) is 9.21. The van der Waals surface area contributed by atoms with Gasteiger partial charge in [0.05, 0.1) is 0 Å². The highest BCUT2D eigenvalue weighted by atomic mass is 15.1. The van der Waals surface area contributed by atoms with Crippen LogP contribution in [0.2, 0.25) is 0 Å². The Kier molecular flexibility index (Phi) is 4.34. The van der Waals surface area contributed by atoms with Crippen molar-refractivity contribution in [1.29, 1.82) is 0 Å². The molecule has 0 unspecified atom stereocenters. The Morgan fingerprint density at radius 1 is 1.36 bits per heavy atom. The molecule has 5 heteroatoms. The topological polar surface area (TPSA) is 86.8 Å². The molecule has 5 nitrogen and oxygen atoms in total. The molecule has 0 amide bonds. The Bertz CT molecular complexity index is 312. The van der Waals surface area contributed by atoms with Gasteiger partial charge < -0.3 is 11.1 Å². The van der Waals surface area contributed by atoms with Crippen molar-refractivity contribution in [3.8, 4) is 0 Å². The molecule has 0 spiro atoms. The highest BCUT2D eigenvalue weighted by Gasteiger charge is 1.91. The average molecular weight is 191 g/mol. The molecule has 0 saturated heterocycles. The minimum absolute atomic E-state index is 0.622. The van der Waals surface area contributed by atoms with Gasteiger partial charge in [-0.3, -0.25) is 0 Å². The summed E-state index contributed by atoms with van der Waals surface area (Å²) in [5, 5.41) is 6.68. The maximum Gasteiger partial charge on any atom is 0.0376 e. The van der Waals surface area contributed by atoms with Crippen LogP contribution in [0.1, 0.15) is 6.42 Å². The summed E-state index contributed by atoms with van der Waals surface area (Å²) >= 11 is 0. The number of nitrogens with two attached hydrogens (primary N) is 1. The van der Waals surface area contributed by atoms with Crippen molar-refractivity contribution in [2.75, 3.05) is 18.4 Å². The number of anilines is 1. The van der Waals surface area contributed by atoms with Crippen molar-refractivity contribution in [3.63, 3.8) is 0 Å². The molecule has 0 saturated carbocycles. The van der Waals surface area contributed by atoms with Gasteiger partial charge >= 0.3 is 0 Å². The molecular formula is C9H13N5. The SMILES string of the molecule is [N-]=[N+]=Nc1ccc(NCCCN)cc1. The summed E-state index contributed by atoms with van der Waals surface area (Å²) < 4.78 is 0. The first-order valence-corrected chi connectivity index (χ1v) is 4.46. The van der Waals surface area contributed by atoms with Crippen LogP contribution in [0.25, 0.3) is 10.4 Å². The Labute approximate surface area is 82.5 Å². The van der Waals surface area contributed by atoms with E-state index in [-0.39, 0.29) is 0 Å². The third kappa shape index (κ3) is 3.35. The molecule has 0 fully saturated rings. The smallest absolute Gasteiger partial charge is 0.0376 e. The van der Waals surface area contributed by atoms with Crippen LogP contribution in [0.5, 0.6) is 0 Å². The first-order valence-electron chi connectivity index (χ1n) is 4.46. The molecular weight excluding hydrogens is 178 g/mol. The van der Waals surface area contributed by atoms with E-state index in [0.717, 1.165) is 18.7 Å². The van der Waals surface area contributed by atoms with Crippen molar-refractivity contribution in [2.45, 2.75) is 6.42 Å². The molecule has 0 aliphatic rings. The average Bonchev–Trinajstić information content (AvgIpc) is 2.21. The molecule has 0 atom stereocenters. The van der Waals surface area contributed by atoms with E-state index in [4.69, 9.17) is 11.3 Å². The van der Waals surface area contributed by atoms with Gasteiger partial charge in [0.2, 0.25) is 0 Å². The van der Waals surface area contributed by atoms with Gasteiger partial charge in [0.25, 0.3) is 0 Å². The molecule has 3 N–H and O–H groups in total. The third-order valence-electron chi connectivity index (χ3n) is 1.74. The van der Waals surface area contributed by atoms with Crippen LogP contribution in [0, 0.1) is 0 Å². The summed E-state index contributed by atoms with van der Waals surface area (Å²) in [4.78, 5) is 2.70. The Morgan fingerprint density at radius 2 is 2.07 bits per heavy atom. The molecule has 0 heterocycles. The number of nitrogens with one attached hydrogen (secondary N) is 1. The summed E-state index contributed by atoms with van der Waals surface area (Å²) in [6, 6.07) is 7.29. The van der Waals surface area contributed by atoms with E-state index in [2.05, 4.69) is 15.3 Å². The number of hydrogen-bond acceptors (Lipinski definition) is 3. The second kappa shape index (κ2) is 5.85. The van der Waals surface area contributed by atoms with Gasteiger partial charge in [0.15, 0.2) is 0 Å². The van der Waals surface area contributed by atoms with Crippen LogP contribution in [-0.2, 0) is 0 Å². The van der Waals surface area contributed by atoms with Crippen molar-refractivity contribution in [3.05, 3.63) is 34.7 Å². The molecule has 0 aliphatic carbocycles. The summed E-state index contributed by atoms with van der Waals surface area (Å²) in [5.41, 5.74) is 15.2. The lowest BCUT2D eigenvalue weighted by Crippen LogP contribution is -2.08. The van der Waals surface area contributed by atoms with Crippen LogP contribution >= 0.6 is 0 Å². The lowest BCUT2D eigenvalue weighted by atomic mass is 10.3. The van der Waals surface area contributed by atoms with Crippen molar-refractivity contribution in [2.24, 2.45) is 10.8 Å². The molecule has 14 heavy (non-hydrogen) atoms. The van der Waals surface area contributed by atoms with Gasteiger partial charge in [-0.25, -0.2) is 0 Å². The zero-order valence-corrected chi connectivity index (χ0v) is 7.85. The highest BCUT2D eigenvalue weighted by molar-refractivity contribution is 5.50. The van der Waals surface area contributed by atoms with E-state index in [0.29, 0.717) is 12.2 Å². The zero-order valence-electron chi connectivity index (χ0n) is 7.85. The predicted octanol–water partition coefficient (Wildman–Crippen LogP) is 2.39. The van der Waals surface area contributed by atoms with Crippen LogP contribution in [-0.4, -0.2) is 13.1 Å². The Morgan fingerprint density at radius 3 is 2.64 bits per heavy atom. The number of nitrogens with zero attached hydrogens (tertiary/aromatic N) is 3. The lowest BCUT2D eigenvalue weighted by molar-refractivity contribution is 0.874. The fourth-order valence-electron chi connectivity index (χ4n) is 1.03. The van der Waals surface area contributed by atoms with E-state index in [1.54, 1.807) is 12.1 Å². The molecule has 74 valence electrons. The quantitative estimate of drug-likeness (QED) is 0.324. The molecule has 0 aliphatic heterocycles. The van der Waals surface area contributed by atoms with Gasteiger partial charge in [-0.1, -0.05) is 17.2 Å². The van der Waals surface area contributed by atoms with Crippen LogP contribution < -0.4 is 11.1 Å². The fourth-order valence-corrected chi connectivity index (χ4v) is 1.03. The third-order valence-corrected chi connectivity index (χ3v) is 1.74. The van der Waals surface area contributed by atoms with Crippen molar-refractivity contribution < 1.29 is 0 Å². The minimum atomic E-state index is 0.622. The van der Waals surface area contributed by atoms with Crippen LogP contribution in [0.4, 0.5) is 11.4 Å². The molecule has 0 radical (unpaired) electrons. The molecule has 1 aromatic rings. The first kappa shape index (κ1) is 10.4. The van der Waals surface area contributed by atoms with E-state index in [9.17, 15) is 0 Å². The van der Waals surface area contributed by atoms with E-state index in [1.165, 1.54) is 0 Å². The standard InChI is InChI=1S/C9H13N5/c10-6-1-7-12-8-2-4-9(5-3-8)13-14-11/h2-5,12H,1,6-7,10H2. The van der Waals surface area contributed by atoms with Gasteiger partial charge in [0, 0.05) is 22.8 Å². The van der Waals surface area contributed by atoms with Gasteiger partial charge in [-0.2, -0.15) is 0 Å². The van der Waals surface area contributed by atoms with Crippen molar-refractivity contribution >= 4 is 11.4 Å². The van der Waals surface area contributed by atoms with Crippen LogP contribution in [0.3, 0.4) is 0 Å². The Hall–Kier alpha value is -1.71. The van der Waals surface area contributed by atoms with Crippen molar-refractivity contribution in [1.82, 2.24) is 0 Å². The molecule has 1 rings (SSSR count). The maximum absolute atomic E-state index is 8.19. The maximum atomic E-state index is 8.19. The van der Waals surface area contributed by atoms with Gasteiger partial charge in [-0.05, 0) is 30.6 Å². The van der Waals surface area contributed by atoms with E-state index < -0.39 is 0 Å². The molecule has 0 bridgehead atoms. The highest BCUT2D eigenvalue weighted by Crippen LogP contribution is 2.15. The largest absolute Gasteiger partial charge is 0.385 e. The number of rotatable bonds is 5. The summed E-state index contributed by atoms with van der Waals surface area (Å²) in [7, 11) is 0. The lowest BCUT2D eigenvalue weighted by Gasteiger charge is -2.04. The number of benzene rings is 1. The zero-order chi connectivity index (χ0) is 10.2.